The number of rotatable bonds is 4. The Hall–Kier alpha value is 0.520. The summed E-state index contributed by atoms with van der Waals surface area (Å²) < 4.78 is 35.2. The van der Waals surface area contributed by atoms with Gasteiger partial charge >= 0.3 is 6.18 Å². The van der Waals surface area contributed by atoms with Crippen molar-refractivity contribution in [3.05, 3.63) is 0 Å². The lowest BCUT2D eigenvalue weighted by Gasteiger charge is -2.08. The molecule has 0 aliphatic rings. The van der Waals surface area contributed by atoms with E-state index in [1.54, 1.807) is 0 Å². The first kappa shape index (κ1) is 11.5. The molecule has 4 heteroatoms. The zero-order valence-corrected chi connectivity index (χ0v) is 8.58. The fourth-order valence-electron chi connectivity index (χ4n) is 0.728. The summed E-state index contributed by atoms with van der Waals surface area (Å²) in [7, 11) is 0. The van der Waals surface area contributed by atoms with Crippen LogP contribution in [-0.2, 0) is 0 Å². The molecule has 0 aromatic heterocycles. The summed E-state index contributed by atoms with van der Waals surface area (Å²) in [6.45, 7) is 1.99. The van der Waals surface area contributed by atoms with E-state index in [1.807, 2.05) is 6.92 Å². The Balaban J connectivity index is 3.28. The minimum Gasteiger partial charge on any atom is -0.171 e. The molecule has 0 saturated heterocycles. The zero-order valence-electron chi connectivity index (χ0n) is 6.42. The molecule has 11 heavy (non-hydrogen) atoms. The van der Waals surface area contributed by atoms with Crippen molar-refractivity contribution in [1.29, 1.82) is 0 Å². The average Bonchev–Trinajstić information content (AvgIpc) is 1.85. The molecule has 0 aromatic carbocycles. The van der Waals surface area contributed by atoms with E-state index in [1.165, 1.54) is 0 Å². The van der Waals surface area contributed by atoms with Crippen LogP contribution in [-0.4, -0.2) is 10.1 Å². The lowest BCUT2D eigenvalue weighted by Crippen LogP contribution is -2.07. The van der Waals surface area contributed by atoms with Gasteiger partial charge in [-0.05, 0) is 19.3 Å². The van der Waals surface area contributed by atoms with Crippen LogP contribution < -0.4 is 0 Å². The van der Waals surface area contributed by atoms with E-state index in [4.69, 9.17) is 0 Å². The minimum atomic E-state index is -3.97. The van der Waals surface area contributed by atoms with E-state index in [0.717, 1.165) is 6.42 Å². The monoisotopic (exact) mass is 280 g/mol. The van der Waals surface area contributed by atoms with Crippen molar-refractivity contribution in [2.24, 2.45) is 0 Å². The average molecular weight is 280 g/mol. The highest BCUT2D eigenvalue weighted by Gasteiger charge is 2.26. The zero-order chi connectivity index (χ0) is 8.91. The lowest BCUT2D eigenvalue weighted by molar-refractivity contribution is -0.135. The summed E-state index contributed by atoms with van der Waals surface area (Å²) >= 11 is 2.19. The van der Waals surface area contributed by atoms with Crippen LogP contribution in [0.3, 0.4) is 0 Å². The van der Waals surface area contributed by atoms with Gasteiger partial charge in [-0.3, -0.25) is 0 Å². The summed E-state index contributed by atoms with van der Waals surface area (Å²) in [5.41, 5.74) is 0. The Labute approximate surface area is 78.7 Å². The first-order chi connectivity index (χ1) is 4.95. The van der Waals surface area contributed by atoms with Gasteiger partial charge in [0.2, 0.25) is 0 Å². The fraction of sp³-hybridized carbons (Fsp3) is 1.00. The van der Waals surface area contributed by atoms with Gasteiger partial charge in [-0.25, -0.2) is 0 Å². The number of alkyl halides is 4. The summed E-state index contributed by atoms with van der Waals surface area (Å²) in [6.07, 6.45) is -2.70. The Morgan fingerprint density at radius 3 is 2.27 bits per heavy atom. The SMILES string of the molecule is CCC(I)CCCC(F)(F)F. The summed E-state index contributed by atoms with van der Waals surface area (Å²) in [5.74, 6) is 0. The van der Waals surface area contributed by atoms with Crippen molar-refractivity contribution in [3.8, 4) is 0 Å². The van der Waals surface area contributed by atoms with Crippen LogP contribution in [0, 0.1) is 0 Å². The molecule has 0 amide bonds. The van der Waals surface area contributed by atoms with Crippen molar-refractivity contribution < 1.29 is 13.2 Å². The van der Waals surface area contributed by atoms with E-state index < -0.39 is 12.6 Å². The molecule has 0 N–H and O–H groups in total. The van der Waals surface area contributed by atoms with E-state index in [2.05, 4.69) is 22.6 Å². The van der Waals surface area contributed by atoms with Gasteiger partial charge in [-0.1, -0.05) is 29.5 Å². The Kier molecular flexibility index (Phi) is 5.46. The largest absolute Gasteiger partial charge is 0.389 e. The predicted molar refractivity (Wildman–Crippen MR) is 48.0 cm³/mol. The fourth-order valence-corrected chi connectivity index (χ4v) is 1.17. The topological polar surface area (TPSA) is 0 Å². The highest BCUT2D eigenvalue weighted by Crippen LogP contribution is 2.24. The highest BCUT2D eigenvalue weighted by atomic mass is 127. The quantitative estimate of drug-likeness (QED) is 0.540. The first-order valence-electron chi connectivity index (χ1n) is 3.66. The molecule has 0 aliphatic heterocycles. The van der Waals surface area contributed by atoms with Crippen LogP contribution in [0.4, 0.5) is 13.2 Å². The molecule has 0 aliphatic carbocycles. The highest BCUT2D eigenvalue weighted by molar-refractivity contribution is 14.1. The second kappa shape index (κ2) is 5.22. The van der Waals surface area contributed by atoms with Crippen LogP contribution in [0.25, 0.3) is 0 Å². The lowest BCUT2D eigenvalue weighted by atomic mass is 10.1. The van der Waals surface area contributed by atoms with E-state index in [0.29, 0.717) is 10.3 Å². The van der Waals surface area contributed by atoms with Crippen molar-refractivity contribution in [2.45, 2.75) is 42.7 Å². The Morgan fingerprint density at radius 2 is 1.91 bits per heavy atom. The van der Waals surface area contributed by atoms with Crippen LogP contribution >= 0.6 is 22.6 Å². The number of hydrogen-bond donors (Lipinski definition) is 0. The maximum Gasteiger partial charge on any atom is 0.389 e. The Morgan fingerprint density at radius 1 is 1.36 bits per heavy atom. The molecule has 0 nitrogen and oxygen atoms in total. The molecule has 0 spiro atoms. The third kappa shape index (κ3) is 8.43. The Bertz CT molecular complexity index is 100. The predicted octanol–water partition coefficient (Wildman–Crippen LogP) is 3.93. The molecule has 0 aromatic rings. The normalized spacial score (nSPS) is 15.0. The molecule has 0 radical (unpaired) electrons. The summed E-state index contributed by atoms with van der Waals surface area (Å²) in [6, 6.07) is 0. The molecule has 0 bridgehead atoms. The van der Waals surface area contributed by atoms with Gasteiger partial charge in [0.15, 0.2) is 0 Å². The molecular weight excluding hydrogens is 268 g/mol. The third-order valence-corrected chi connectivity index (χ3v) is 2.92. The van der Waals surface area contributed by atoms with Crippen molar-refractivity contribution in [1.82, 2.24) is 0 Å². The van der Waals surface area contributed by atoms with Gasteiger partial charge in [0.25, 0.3) is 0 Å². The van der Waals surface area contributed by atoms with Gasteiger partial charge < -0.3 is 0 Å². The van der Waals surface area contributed by atoms with E-state index in [-0.39, 0.29) is 6.42 Å². The van der Waals surface area contributed by atoms with E-state index >= 15 is 0 Å². The third-order valence-electron chi connectivity index (χ3n) is 1.42. The van der Waals surface area contributed by atoms with Gasteiger partial charge in [-0.2, -0.15) is 13.2 Å². The molecular formula is C7H12F3I. The van der Waals surface area contributed by atoms with Crippen LogP contribution in [0.2, 0.25) is 0 Å². The van der Waals surface area contributed by atoms with E-state index in [9.17, 15) is 13.2 Å². The molecule has 0 rings (SSSR count). The molecule has 0 fully saturated rings. The maximum atomic E-state index is 11.6. The molecule has 1 atom stereocenters. The minimum absolute atomic E-state index is 0.269. The van der Waals surface area contributed by atoms with Gasteiger partial charge in [0, 0.05) is 10.3 Å². The molecule has 68 valence electrons. The summed E-state index contributed by atoms with van der Waals surface area (Å²) in [4.78, 5) is 0. The number of halogens is 4. The standard InChI is InChI=1S/C7H12F3I/c1-2-6(11)4-3-5-7(8,9)10/h6H,2-5H2,1H3. The molecule has 1 unspecified atom stereocenters. The smallest absolute Gasteiger partial charge is 0.171 e. The van der Waals surface area contributed by atoms with Crippen LogP contribution in [0.5, 0.6) is 0 Å². The van der Waals surface area contributed by atoms with Gasteiger partial charge in [-0.15, -0.1) is 0 Å². The molecule has 0 saturated carbocycles. The number of hydrogen-bond acceptors (Lipinski definition) is 0. The van der Waals surface area contributed by atoms with Crippen molar-refractivity contribution in [3.63, 3.8) is 0 Å². The maximum absolute atomic E-state index is 11.6. The van der Waals surface area contributed by atoms with Crippen LogP contribution in [0.15, 0.2) is 0 Å². The van der Waals surface area contributed by atoms with Crippen molar-refractivity contribution in [2.75, 3.05) is 0 Å². The second-order valence-electron chi connectivity index (χ2n) is 2.51. The first-order valence-corrected chi connectivity index (χ1v) is 4.91. The van der Waals surface area contributed by atoms with Gasteiger partial charge in [0.05, 0.1) is 0 Å². The van der Waals surface area contributed by atoms with Crippen molar-refractivity contribution >= 4 is 22.6 Å². The second-order valence-corrected chi connectivity index (χ2v) is 4.27. The molecule has 0 heterocycles. The van der Waals surface area contributed by atoms with Crippen LogP contribution in [0.1, 0.15) is 32.6 Å². The summed E-state index contributed by atoms with van der Waals surface area (Å²) in [5, 5.41) is 0. The van der Waals surface area contributed by atoms with Gasteiger partial charge in [0.1, 0.15) is 0 Å².